The molecule has 0 fully saturated rings. The third-order valence-corrected chi connectivity index (χ3v) is 10.9. The van der Waals surface area contributed by atoms with Crippen molar-refractivity contribution in [3.8, 4) is 44.5 Å². The number of fused-ring (bicyclic) bond motifs is 2. The summed E-state index contributed by atoms with van der Waals surface area (Å²) in [6.45, 7) is 17.9. The summed E-state index contributed by atoms with van der Waals surface area (Å²) >= 11 is -0.826. The third kappa shape index (κ3) is 11.8. The standard InChI is InChI=1S/2C27H27.C2H6Si.2ClH.Zr/c2*1-4-10-21-15-16-22-17-23(19(2)3)18-26(22)27(21)25-14-9-8-13-24(25)20-11-6-5-7-12-20;1-3-2;;;/h2*5-9,11-19H,4,10H2,1-3H3;1-2H3;2*1H;/q2*-1;;;;+4/p-2. The summed E-state index contributed by atoms with van der Waals surface area (Å²) in [5.74, 6) is 1.09. The Morgan fingerprint density at radius 1 is 0.483 bits per heavy atom. The Bertz CT molecular complexity index is 2330. The van der Waals surface area contributed by atoms with Crippen molar-refractivity contribution in [1.29, 1.82) is 0 Å². The topological polar surface area (TPSA) is 0 Å². The van der Waals surface area contributed by atoms with Crippen LogP contribution in [0.2, 0.25) is 13.1 Å². The monoisotopic (exact) mass is 920 g/mol. The van der Waals surface area contributed by atoms with Crippen LogP contribution in [0.1, 0.15) is 88.5 Å². The number of hydrogen-bond acceptors (Lipinski definition) is 0. The number of aryl methyl sites for hydroxylation is 2. The van der Waals surface area contributed by atoms with Crippen LogP contribution in [0.3, 0.4) is 0 Å². The first kappa shape index (κ1) is 47.3. The van der Waals surface area contributed by atoms with Crippen molar-refractivity contribution in [2.75, 3.05) is 0 Å². The second kappa shape index (κ2) is 24.0. The fourth-order valence-electron chi connectivity index (χ4n) is 8.10. The second-order valence-corrected chi connectivity index (χ2v) is 20.7. The van der Waals surface area contributed by atoms with Crippen LogP contribution < -0.4 is 0 Å². The molecule has 0 saturated carbocycles. The first-order chi connectivity index (χ1) is 29.2. The van der Waals surface area contributed by atoms with Gasteiger partial charge in [0.05, 0.1) is 0 Å². The predicted octanol–water partition coefficient (Wildman–Crippen LogP) is 18.1. The molecule has 0 heterocycles. The predicted molar refractivity (Wildman–Crippen MR) is 266 cm³/mol. The van der Waals surface area contributed by atoms with Crippen molar-refractivity contribution in [3.05, 3.63) is 180 Å². The quantitative estimate of drug-likeness (QED) is 0.0947. The van der Waals surface area contributed by atoms with Gasteiger partial charge < -0.3 is 0 Å². The van der Waals surface area contributed by atoms with Crippen molar-refractivity contribution >= 4 is 48.1 Å². The summed E-state index contributed by atoms with van der Waals surface area (Å²) in [4.78, 5) is 0. The van der Waals surface area contributed by atoms with Crippen LogP contribution in [-0.4, -0.2) is 9.52 Å². The van der Waals surface area contributed by atoms with Gasteiger partial charge in [-0.2, -0.15) is 12.1 Å². The van der Waals surface area contributed by atoms with Crippen LogP contribution in [0, 0.1) is 0 Å². The van der Waals surface area contributed by atoms with Gasteiger partial charge in [-0.25, -0.2) is 0 Å². The molecule has 0 saturated heterocycles. The Morgan fingerprint density at radius 3 is 1.12 bits per heavy atom. The van der Waals surface area contributed by atoms with Gasteiger partial charge in [0.15, 0.2) is 0 Å². The van der Waals surface area contributed by atoms with Crippen LogP contribution in [0.4, 0.5) is 0 Å². The Labute approximate surface area is 382 Å². The Kier molecular flexibility index (Phi) is 18.9. The van der Waals surface area contributed by atoms with E-state index in [2.05, 4.69) is 212 Å². The molecular weight excluding hydrogens is 863 g/mol. The molecule has 0 bridgehead atoms. The number of halogens is 2. The average molecular weight is 923 g/mol. The zero-order valence-electron chi connectivity index (χ0n) is 36.8. The number of rotatable bonds is 10. The molecule has 0 nitrogen and oxygen atoms in total. The average Bonchev–Trinajstić information content (AvgIpc) is 3.91. The number of hydrogen-bond donors (Lipinski definition) is 0. The maximum atomic E-state index is 4.93. The summed E-state index contributed by atoms with van der Waals surface area (Å²) in [6.07, 6.45) is 4.53. The zero-order valence-corrected chi connectivity index (χ0v) is 41.7. The van der Waals surface area contributed by atoms with Gasteiger partial charge >= 0.3 is 37.9 Å². The van der Waals surface area contributed by atoms with Crippen LogP contribution in [-0.2, 0) is 33.7 Å². The van der Waals surface area contributed by atoms with Crippen LogP contribution in [0.5, 0.6) is 0 Å². The van der Waals surface area contributed by atoms with E-state index in [0.717, 1.165) is 35.2 Å². The van der Waals surface area contributed by atoms with E-state index in [1.54, 1.807) is 0 Å². The van der Waals surface area contributed by atoms with Crippen LogP contribution in [0.15, 0.2) is 158 Å². The summed E-state index contributed by atoms with van der Waals surface area (Å²) in [5, 5.41) is 5.51. The molecule has 8 rings (SSSR count). The van der Waals surface area contributed by atoms with Gasteiger partial charge in [-0.3, -0.25) is 0 Å². The molecule has 0 aromatic heterocycles. The second-order valence-electron chi connectivity index (χ2n) is 16.0. The Balaban J connectivity index is 0.000000201. The summed E-state index contributed by atoms with van der Waals surface area (Å²) in [6, 6.07) is 58.1. The van der Waals surface area contributed by atoms with Gasteiger partial charge in [-0.1, -0.05) is 199 Å². The first-order valence-electron chi connectivity index (χ1n) is 21.5. The molecule has 8 aromatic carbocycles. The Hall–Kier alpha value is -3.78. The fraction of sp³-hybridized carbons (Fsp3) is 0.250. The molecule has 4 heteroatoms. The summed E-state index contributed by atoms with van der Waals surface area (Å²) in [7, 11) is 11.0. The molecule has 306 valence electrons. The van der Waals surface area contributed by atoms with E-state index in [-0.39, 0.29) is 0 Å². The fourth-order valence-corrected chi connectivity index (χ4v) is 8.10. The van der Waals surface area contributed by atoms with Gasteiger partial charge in [0, 0.05) is 9.52 Å². The summed E-state index contributed by atoms with van der Waals surface area (Å²) in [5.41, 5.74) is 16.5. The Morgan fingerprint density at radius 2 is 0.800 bits per heavy atom. The van der Waals surface area contributed by atoms with E-state index < -0.39 is 20.8 Å². The third-order valence-electron chi connectivity index (χ3n) is 10.9. The minimum atomic E-state index is -0.826. The van der Waals surface area contributed by atoms with Gasteiger partial charge in [0.25, 0.3) is 0 Å². The molecule has 0 atom stereocenters. The van der Waals surface area contributed by atoms with Crippen molar-refractivity contribution in [2.45, 2.75) is 92.2 Å². The van der Waals surface area contributed by atoms with Crippen LogP contribution in [0.25, 0.3) is 66.1 Å². The molecule has 0 spiro atoms. The van der Waals surface area contributed by atoms with E-state index in [4.69, 9.17) is 17.0 Å². The zero-order chi connectivity index (χ0) is 43.0. The summed E-state index contributed by atoms with van der Waals surface area (Å²) < 4.78 is 0. The molecule has 8 aromatic rings. The molecule has 0 N–H and O–H groups in total. The number of benzene rings is 6. The molecule has 2 radical (unpaired) electrons. The molecule has 0 aliphatic rings. The normalized spacial score (nSPS) is 10.7. The molecule has 60 heavy (non-hydrogen) atoms. The van der Waals surface area contributed by atoms with Crippen LogP contribution >= 0.6 is 17.0 Å². The van der Waals surface area contributed by atoms with Gasteiger partial charge in [-0.15, -0.1) is 69.1 Å². The van der Waals surface area contributed by atoms with Gasteiger partial charge in [0.1, 0.15) is 0 Å². The minimum absolute atomic E-state index is 0.546. The molecular formula is C56H60Cl2SiZr. The van der Waals surface area contributed by atoms with E-state index in [1.807, 2.05) is 0 Å². The van der Waals surface area contributed by atoms with Crippen molar-refractivity contribution < 1.29 is 20.8 Å². The molecule has 0 aliphatic carbocycles. The van der Waals surface area contributed by atoms with E-state index in [1.165, 1.54) is 88.3 Å². The molecule has 0 unspecified atom stereocenters. The molecule has 0 aliphatic heterocycles. The van der Waals surface area contributed by atoms with Gasteiger partial charge in [-0.05, 0) is 58.1 Å². The van der Waals surface area contributed by atoms with E-state index >= 15 is 0 Å². The van der Waals surface area contributed by atoms with E-state index in [9.17, 15) is 0 Å². The first-order valence-corrected chi connectivity index (χ1v) is 29.8. The van der Waals surface area contributed by atoms with E-state index in [0.29, 0.717) is 11.8 Å². The van der Waals surface area contributed by atoms with Crippen molar-refractivity contribution in [2.24, 2.45) is 0 Å². The van der Waals surface area contributed by atoms with Crippen molar-refractivity contribution in [1.82, 2.24) is 0 Å². The van der Waals surface area contributed by atoms with Crippen molar-refractivity contribution in [3.63, 3.8) is 0 Å². The maximum absolute atomic E-state index is 4.93. The van der Waals surface area contributed by atoms with Gasteiger partial charge in [0.2, 0.25) is 0 Å². The SMILES string of the molecule is CCCc1ccc2[cH-]c(C(C)C)cc2c1-c1ccccc1-c1ccccc1.CCCc1ccc2[cH-]c(C(C)C)cc2c1-c1ccccc1-c1ccccc1.C[Si]C.[Cl][Zr+2][Cl]. The molecule has 0 amide bonds.